The van der Waals surface area contributed by atoms with Crippen LogP contribution in [-0.2, 0) is 6.42 Å². The van der Waals surface area contributed by atoms with Crippen LogP contribution in [0.1, 0.15) is 49.4 Å². The van der Waals surface area contributed by atoms with Crippen molar-refractivity contribution in [1.82, 2.24) is 0 Å². The molecule has 0 nitrogen and oxygen atoms in total. The normalized spacial score (nSPS) is 12.0. The second-order valence-electron chi connectivity index (χ2n) is 5.14. The number of benzene rings is 2. The lowest BCUT2D eigenvalue weighted by atomic mass is 9.88. The second-order valence-corrected chi connectivity index (χ2v) is 5.14. The van der Waals surface area contributed by atoms with Crippen molar-refractivity contribution in [3.63, 3.8) is 0 Å². The highest BCUT2D eigenvalue weighted by Crippen LogP contribution is 2.32. The summed E-state index contributed by atoms with van der Waals surface area (Å²) in [6, 6.07) is 8.75. The third-order valence-corrected chi connectivity index (χ3v) is 3.90. The van der Waals surface area contributed by atoms with E-state index in [0.29, 0.717) is 0 Å². The molecular formula is C20H24. The van der Waals surface area contributed by atoms with Gasteiger partial charge in [0.05, 0.1) is 0 Å². The van der Waals surface area contributed by atoms with Crippen LogP contribution in [0.15, 0.2) is 36.4 Å². The number of rotatable bonds is 4. The van der Waals surface area contributed by atoms with E-state index >= 15 is 0 Å². The van der Waals surface area contributed by atoms with Crippen LogP contribution in [0.3, 0.4) is 0 Å². The molecular weight excluding hydrogens is 240 g/mol. The Kier molecular flexibility index (Phi) is 4.79. The SMILES string of the molecule is C/C=C\c1c(CC)c(C)c(/C=C\CC)c2ccccc12. The molecule has 0 aliphatic rings. The summed E-state index contributed by atoms with van der Waals surface area (Å²) < 4.78 is 0. The van der Waals surface area contributed by atoms with E-state index in [9.17, 15) is 0 Å². The summed E-state index contributed by atoms with van der Waals surface area (Å²) in [5, 5.41) is 2.73. The largest absolute Gasteiger partial charge is 0.0870 e. The highest BCUT2D eigenvalue weighted by Gasteiger charge is 2.12. The van der Waals surface area contributed by atoms with Crippen LogP contribution in [0.4, 0.5) is 0 Å². The summed E-state index contributed by atoms with van der Waals surface area (Å²) in [6.07, 6.45) is 11.1. The van der Waals surface area contributed by atoms with Gasteiger partial charge in [-0.25, -0.2) is 0 Å². The zero-order chi connectivity index (χ0) is 14.5. The summed E-state index contributed by atoms with van der Waals surface area (Å²) in [6.45, 7) is 8.78. The first-order valence-electron chi connectivity index (χ1n) is 7.57. The van der Waals surface area contributed by atoms with Crippen molar-refractivity contribution in [2.45, 2.75) is 40.5 Å². The average Bonchev–Trinajstić information content (AvgIpc) is 2.47. The van der Waals surface area contributed by atoms with E-state index in [1.165, 1.54) is 33.0 Å². The number of allylic oxidation sites excluding steroid dienone is 2. The first-order valence-corrected chi connectivity index (χ1v) is 7.57. The Morgan fingerprint density at radius 1 is 0.950 bits per heavy atom. The first kappa shape index (κ1) is 14.6. The van der Waals surface area contributed by atoms with Gasteiger partial charge in [0, 0.05) is 0 Å². The highest BCUT2D eigenvalue weighted by atomic mass is 14.2. The molecule has 0 heterocycles. The summed E-state index contributed by atoms with van der Waals surface area (Å²) in [7, 11) is 0. The molecule has 2 aromatic rings. The summed E-state index contributed by atoms with van der Waals surface area (Å²) in [5.74, 6) is 0. The van der Waals surface area contributed by atoms with Gasteiger partial charge in [-0.2, -0.15) is 0 Å². The molecule has 0 radical (unpaired) electrons. The van der Waals surface area contributed by atoms with Gasteiger partial charge in [0.1, 0.15) is 0 Å². The minimum atomic E-state index is 1.07. The Labute approximate surface area is 122 Å². The van der Waals surface area contributed by atoms with Crippen LogP contribution in [-0.4, -0.2) is 0 Å². The molecule has 0 N–H and O–H groups in total. The minimum absolute atomic E-state index is 1.07. The van der Waals surface area contributed by atoms with Crippen molar-refractivity contribution in [3.8, 4) is 0 Å². The molecule has 0 fully saturated rings. The number of fused-ring (bicyclic) bond motifs is 1. The lowest BCUT2D eigenvalue weighted by Gasteiger charge is -2.16. The second kappa shape index (κ2) is 6.56. The standard InChI is InChI=1S/C20H24/c1-5-8-12-17-15(4)16(7-3)18(11-6-2)20-14-10-9-13-19(17)20/h6,8-14H,5,7H2,1-4H3/b11-6-,12-8-. The van der Waals surface area contributed by atoms with Crippen LogP contribution in [0.25, 0.3) is 22.9 Å². The van der Waals surface area contributed by atoms with E-state index in [4.69, 9.17) is 0 Å². The predicted octanol–water partition coefficient (Wildman–Crippen LogP) is 6.17. The molecule has 0 aliphatic carbocycles. The monoisotopic (exact) mass is 264 g/mol. The Morgan fingerprint density at radius 2 is 1.60 bits per heavy atom. The Hall–Kier alpha value is -1.82. The molecule has 20 heavy (non-hydrogen) atoms. The third-order valence-electron chi connectivity index (χ3n) is 3.90. The van der Waals surface area contributed by atoms with E-state index in [2.05, 4.69) is 76.3 Å². The zero-order valence-electron chi connectivity index (χ0n) is 13.0. The molecule has 0 aliphatic heterocycles. The zero-order valence-corrected chi connectivity index (χ0v) is 13.0. The van der Waals surface area contributed by atoms with Crippen LogP contribution >= 0.6 is 0 Å². The Balaban J connectivity index is 2.90. The molecule has 0 unspecified atom stereocenters. The van der Waals surface area contributed by atoms with Gasteiger partial charge in [0.2, 0.25) is 0 Å². The predicted molar refractivity (Wildman–Crippen MR) is 92.1 cm³/mol. The quantitative estimate of drug-likeness (QED) is 0.619. The maximum Gasteiger partial charge on any atom is -0.0103 e. The van der Waals surface area contributed by atoms with Gasteiger partial charge >= 0.3 is 0 Å². The summed E-state index contributed by atoms with van der Waals surface area (Å²) in [4.78, 5) is 0. The van der Waals surface area contributed by atoms with E-state index in [1.807, 2.05) is 0 Å². The molecule has 0 aromatic heterocycles. The average molecular weight is 264 g/mol. The van der Waals surface area contributed by atoms with Gasteiger partial charge in [-0.1, -0.05) is 62.4 Å². The number of hydrogen-bond acceptors (Lipinski definition) is 0. The smallest absolute Gasteiger partial charge is 0.0103 e. The lowest BCUT2D eigenvalue weighted by molar-refractivity contribution is 1.11. The van der Waals surface area contributed by atoms with Crippen molar-refractivity contribution >= 4 is 22.9 Å². The molecule has 0 saturated carbocycles. The van der Waals surface area contributed by atoms with E-state index in [1.54, 1.807) is 0 Å². The number of hydrogen-bond donors (Lipinski definition) is 0. The van der Waals surface area contributed by atoms with E-state index in [-0.39, 0.29) is 0 Å². The molecule has 104 valence electrons. The fourth-order valence-electron chi connectivity index (χ4n) is 2.95. The van der Waals surface area contributed by atoms with Gasteiger partial charge in [-0.15, -0.1) is 0 Å². The van der Waals surface area contributed by atoms with Crippen LogP contribution < -0.4 is 0 Å². The molecule has 0 bridgehead atoms. The van der Waals surface area contributed by atoms with Crippen molar-refractivity contribution < 1.29 is 0 Å². The first-order chi connectivity index (χ1) is 9.74. The van der Waals surface area contributed by atoms with Gasteiger partial charge in [0.15, 0.2) is 0 Å². The Bertz CT molecular complexity index is 657. The van der Waals surface area contributed by atoms with Crippen molar-refractivity contribution in [2.24, 2.45) is 0 Å². The molecule has 0 saturated heterocycles. The molecule has 0 spiro atoms. The highest BCUT2D eigenvalue weighted by molar-refractivity contribution is 5.99. The van der Waals surface area contributed by atoms with Crippen molar-refractivity contribution in [1.29, 1.82) is 0 Å². The Morgan fingerprint density at radius 3 is 2.15 bits per heavy atom. The van der Waals surface area contributed by atoms with E-state index < -0.39 is 0 Å². The summed E-state index contributed by atoms with van der Waals surface area (Å²) in [5.41, 5.74) is 5.66. The van der Waals surface area contributed by atoms with Crippen LogP contribution in [0.2, 0.25) is 0 Å². The van der Waals surface area contributed by atoms with E-state index in [0.717, 1.165) is 12.8 Å². The minimum Gasteiger partial charge on any atom is -0.0870 e. The van der Waals surface area contributed by atoms with Gasteiger partial charge < -0.3 is 0 Å². The molecule has 2 aromatic carbocycles. The summed E-state index contributed by atoms with van der Waals surface area (Å²) >= 11 is 0. The molecule has 0 atom stereocenters. The lowest BCUT2D eigenvalue weighted by Crippen LogP contribution is -1.97. The maximum absolute atomic E-state index is 2.29. The van der Waals surface area contributed by atoms with Crippen LogP contribution in [0.5, 0.6) is 0 Å². The fraction of sp³-hybridized carbons (Fsp3) is 0.300. The molecule has 2 rings (SSSR count). The van der Waals surface area contributed by atoms with Gasteiger partial charge in [0.25, 0.3) is 0 Å². The van der Waals surface area contributed by atoms with Gasteiger partial charge in [-0.3, -0.25) is 0 Å². The van der Waals surface area contributed by atoms with Crippen molar-refractivity contribution in [2.75, 3.05) is 0 Å². The molecule has 0 heteroatoms. The fourth-order valence-corrected chi connectivity index (χ4v) is 2.95. The van der Waals surface area contributed by atoms with Crippen LogP contribution in [0, 0.1) is 6.92 Å². The maximum atomic E-state index is 2.29. The van der Waals surface area contributed by atoms with Crippen molar-refractivity contribution in [3.05, 3.63) is 58.7 Å². The topological polar surface area (TPSA) is 0 Å². The third kappa shape index (κ3) is 2.56. The molecule has 0 amide bonds. The van der Waals surface area contributed by atoms with Gasteiger partial charge in [-0.05, 0) is 59.7 Å².